The first kappa shape index (κ1) is 18.3. The summed E-state index contributed by atoms with van der Waals surface area (Å²) in [6.07, 6.45) is 6.24. The molecule has 6 rings (SSSR count). The van der Waals surface area contributed by atoms with Crippen molar-refractivity contribution in [2.45, 2.75) is 0 Å². The fourth-order valence-corrected chi connectivity index (χ4v) is 3.76. The van der Waals surface area contributed by atoms with Crippen LogP contribution in [0.4, 0.5) is 8.78 Å². The van der Waals surface area contributed by atoms with Crippen molar-refractivity contribution in [3.05, 3.63) is 78.9 Å². The predicted octanol–water partition coefficient (Wildman–Crippen LogP) is 4.90. The lowest BCUT2D eigenvalue weighted by molar-refractivity contribution is 0.628. The summed E-state index contributed by atoms with van der Waals surface area (Å²) < 4.78 is 29.3. The molecule has 0 saturated heterocycles. The van der Waals surface area contributed by atoms with Crippen molar-refractivity contribution in [3.63, 3.8) is 0 Å². The van der Waals surface area contributed by atoms with Gasteiger partial charge in [0.25, 0.3) is 0 Å². The van der Waals surface area contributed by atoms with Gasteiger partial charge in [0.2, 0.25) is 0 Å². The van der Waals surface area contributed by atoms with Crippen LogP contribution in [0, 0.1) is 11.6 Å². The molecule has 0 spiro atoms. The lowest BCUT2D eigenvalue weighted by atomic mass is 10.1. The Labute approximate surface area is 179 Å². The molecule has 0 unspecified atom stereocenters. The second kappa shape index (κ2) is 7.02. The Morgan fingerprint density at radius 3 is 2.56 bits per heavy atom. The van der Waals surface area contributed by atoms with Gasteiger partial charge in [0.1, 0.15) is 22.8 Å². The van der Waals surface area contributed by atoms with Crippen LogP contribution >= 0.6 is 0 Å². The van der Waals surface area contributed by atoms with E-state index in [-0.39, 0.29) is 16.9 Å². The molecule has 154 valence electrons. The topological polar surface area (TPSA) is 96.0 Å². The summed E-state index contributed by atoms with van der Waals surface area (Å²) in [5.74, 6) is -0.505. The van der Waals surface area contributed by atoms with E-state index in [0.717, 1.165) is 0 Å². The van der Waals surface area contributed by atoms with Crippen LogP contribution in [0.15, 0.2) is 67.3 Å². The van der Waals surface area contributed by atoms with Crippen molar-refractivity contribution in [2.75, 3.05) is 0 Å². The zero-order chi connectivity index (χ0) is 21.7. The molecule has 0 radical (unpaired) electrons. The van der Waals surface area contributed by atoms with Gasteiger partial charge in [0, 0.05) is 41.5 Å². The van der Waals surface area contributed by atoms with Gasteiger partial charge in [-0.1, -0.05) is 18.2 Å². The van der Waals surface area contributed by atoms with Crippen LogP contribution in [0.5, 0.6) is 0 Å². The molecule has 0 saturated carbocycles. The number of halogens is 2. The van der Waals surface area contributed by atoms with Crippen molar-refractivity contribution in [1.29, 1.82) is 0 Å². The van der Waals surface area contributed by atoms with Crippen molar-refractivity contribution in [2.24, 2.45) is 0 Å². The molecular formula is C23H13F2N7. The van der Waals surface area contributed by atoms with Crippen LogP contribution in [0.3, 0.4) is 0 Å². The average molecular weight is 425 g/mol. The molecule has 32 heavy (non-hydrogen) atoms. The predicted molar refractivity (Wildman–Crippen MR) is 115 cm³/mol. The summed E-state index contributed by atoms with van der Waals surface area (Å²) >= 11 is 0. The van der Waals surface area contributed by atoms with Gasteiger partial charge in [-0.15, -0.1) is 0 Å². The van der Waals surface area contributed by atoms with Gasteiger partial charge in [-0.3, -0.25) is 10.1 Å². The Bertz CT molecular complexity index is 1610. The number of pyridine rings is 3. The molecule has 6 aromatic rings. The highest BCUT2D eigenvalue weighted by molar-refractivity contribution is 5.96. The summed E-state index contributed by atoms with van der Waals surface area (Å²) in [6.45, 7) is 0. The zero-order valence-electron chi connectivity index (χ0n) is 16.3. The van der Waals surface area contributed by atoms with E-state index < -0.39 is 5.82 Å². The Balaban J connectivity index is 1.55. The van der Waals surface area contributed by atoms with Crippen LogP contribution in [0.2, 0.25) is 0 Å². The van der Waals surface area contributed by atoms with Crippen LogP contribution in [0.25, 0.3) is 56.0 Å². The molecular weight excluding hydrogens is 412 g/mol. The van der Waals surface area contributed by atoms with Gasteiger partial charge < -0.3 is 4.98 Å². The third kappa shape index (κ3) is 2.83. The second-order valence-electron chi connectivity index (χ2n) is 7.17. The minimum atomic E-state index is -0.481. The minimum Gasteiger partial charge on any atom is -0.321 e. The Morgan fingerprint density at radius 2 is 1.72 bits per heavy atom. The second-order valence-corrected chi connectivity index (χ2v) is 7.17. The highest BCUT2D eigenvalue weighted by atomic mass is 19.1. The number of aromatic amines is 2. The molecule has 0 aliphatic rings. The van der Waals surface area contributed by atoms with Gasteiger partial charge >= 0.3 is 0 Å². The van der Waals surface area contributed by atoms with Crippen molar-refractivity contribution >= 4 is 22.2 Å². The van der Waals surface area contributed by atoms with E-state index in [9.17, 15) is 4.39 Å². The normalized spacial score (nSPS) is 11.4. The Morgan fingerprint density at radius 1 is 0.812 bits per heavy atom. The number of nitrogens with one attached hydrogen (secondary N) is 2. The van der Waals surface area contributed by atoms with Crippen molar-refractivity contribution in [3.8, 4) is 33.8 Å². The van der Waals surface area contributed by atoms with E-state index in [1.165, 1.54) is 18.3 Å². The van der Waals surface area contributed by atoms with Gasteiger partial charge in [-0.25, -0.2) is 23.7 Å². The summed E-state index contributed by atoms with van der Waals surface area (Å²) in [5.41, 5.74) is 3.85. The maximum atomic E-state index is 15.6. The first-order valence-electron chi connectivity index (χ1n) is 9.73. The highest BCUT2D eigenvalue weighted by Crippen LogP contribution is 2.34. The first-order valence-corrected chi connectivity index (χ1v) is 9.73. The zero-order valence-corrected chi connectivity index (χ0v) is 16.3. The van der Waals surface area contributed by atoms with E-state index in [1.54, 1.807) is 48.9 Å². The van der Waals surface area contributed by atoms with Crippen molar-refractivity contribution < 1.29 is 8.78 Å². The van der Waals surface area contributed by atoms with Gasteiger partial charge in [0.15, 0.2) is 17.1 Å². The van der Waals surface area contributed by atoms with Crippen molar-refractivity contribution in [1.82, 2.24) is 35.1 Å². The van der Waals surface area contributed by atoms with E-state index in [2.05, 4.69) is 35.1 Å². The Kier molecular flexibility index (Phi) is 4.00. The quantitative estimate of drug-likeness (QED) is 0.420. The third-order valence-electron chi connectivity index (χ3n) is 5.24. The fraction of sp³-hybridized carbons (Fsp3) is 0. The number of rotatable bonds is 3. The van der Waals surface area contributed by atoms with E-state index in [1.807, 2.05) is 0 Å². The van der Waals surface area contributed by atoms with Crippen LogP contribution < -0.4 is 0 Å². The Hall–Kier alpha value is -4.53. The molecule has 0 aliphatic carbocycles. The minimum absolute atomic E-state index is 0.206. The van der Waals surface area contributed by atoms with Crippen LogP contribution in [-0.4, -0.2) is 35.1 Å². The summed E-state index contributed by atoms with van der Waals surface area (Å²) in [6, 6.07) is 11.5. The number of hydrogen-bond acceptors (Lipinski definition) is 5. The lowest BCUT2D eigenvalue weighted by Gasteiger charge is -2.03. The lowest BCUT2D eigenvalue weighted by Crippen LogP contribution is -1.91. The van der Waals surface area contributed by atoms with Crippen LogP contribution in [-0.2, 0) is 0 Å². The molecule has 5 aromatic heterocycles. The largest absolute Gasteiger partial charge is 0.321 e. The molecule has 0 fully saturated rings. The molecule has 0 atom stereocenters. The average Bonchev–Trinajstić information content (AvgIpc) is 3.44. The molecule has 0 amide bonds. The summed E-state index contributed by atoms with van der Waals surface area (Å²) in [5, 5.41) is 7.21. The number of H-pyrrole nitrogens is 2. The highest BCUT2D eigenvalue weighted by Gasteiger charge is 2.21. The van der Waals surface area contributed by atoms with Crippen LogP contribution in [0.1, 0.15) is 0 Å². The smallest absolute Gasteiger partial charge is 0.161 e. The van der Waals surface area contributed by atoms with E-state index in [4.69, 9.17) is 0 Å². The van der Waals surface area contributed by atoms with Gasteiger partial charge in [-0.05, 0) is 29.8 Å². The fourth-order valence-electron chi connectivity index (χ4n) is 3.76. The maximum absolute atomic E-state index is 15.6. The maximum Gasteiger partial charge on any atom is 0.161 e. The molecule has 9 heteroatoms. The molecule has 0 aliphatic heterocycles. The number of fused-ring (bicyclic) bond motifs is 2. The third-order valence-corrected chi connectivity index (χ3v) is 5.24. The standard InChI is InChI=1S/C23H13F2N7/c24-14-5-1-3-12(9-14)15-6-8-27-22-19(15)29-23(30-22)20-17-18(25)16(11-28-21(17)32-31-20)13-4-2-7-26-10-13/h1-11H,(H,27,29,30)(H,28,31,32). The number of benzene rings is 1. The molecule has 1 aromatic carbocycles. The van der Waals surface area contributed by atoms with E-state index in [0.29, 0.717) is 44.9 Å². The monoisotopic (exact) mass is 425 g/mol. The van der Waals surface area contributed by atoms with Gasteiger partial charge in [0.05, 0.1) is 5.39 Å². The summed E-state index contributed by atoms with van der Waals surface area (Å²) in [4.78, 5) is 20.4. The number of hydrogen-bond donors (Lipinski definition) is 2. The number of imidazole rings is 1. The number of nitrogens with zero attached hydrogens (tertiary/aromatic N) is 5. The first-order chi connectivity index (χ1) is 15.7. The van der Waals surface area contributed by atoms with Gasteiger partial charge in [-0.2, -0.15) is 5.10 Å². The SMILES string of the molecule is Fc1cccc(-c2ccnc3[nH]c(-c4n[nH]c5ncc(-c6cccnc6)c(F)c45)nc23)c1. The number of aromatic nitrogens is 7. The molecule has 5 heterocycles. The molecule has 7 nitrogen and oxygen atoms in total. The molecule has 2 N–H and O–H groups in total. The van der Waals surface area contributed by atoms with E-state index >= 15 is 4.39 Å². The summed E-state index contributed by atoms with van der Waals surface area (Å²) in [7, 11) is 0. The molecule has 0 bridgehead atoms.